The zero-order valence-corrected chi connectivity index (χ0v) is 17.6. The first-order valence-electron chi connectivity index (χ1n) is 9.73. The lowest BCUT2D eigenvalue weighted by molar-refractivity contribution is -0.122. The van der Waals surface area contributed by atoms with E-state index < -0.39 is 11.8 Å². The second-order valence-electron chi connectivity index (χ2n) is 7.05. The van der Waals surface area contributed by atoms with Crippen molar-refractivity contribution in [2.45, 2.75) is 20.3 Å². The van der Waals surface area contributed by atoms with Crippen molar-refractivity contribution in [3.8, 4) is 5.69 Å². The van der Waals surface area contributed by atoms with E-state index >= 15 is 0 Å². The summed E-state index contributed by atoms with van der Waals surface area (Å²) in [6.07, 6.45) is 2.52. The monoisotopic (exact) mass is 415 g/mol. The van der Waals surface area contributed by atoms with Gasteiger partial charge in [-0.1, -0.05) is 37.3 Å². The lowest BCUT2D eigenvalue weighted by atomic mass is 10.1. The van der Waals surface area contributed by atoms with Crippen molar-refractivity contribution in [3.05, 3.63) is 89.3 Å². The highest BCUT2D eigenvalue weighted by atomic mass is 32.1. The van der Waals surface area contributed by atoms with Gasteiger partial charge in [-0.2, -0.15) is 0 Å². The van der Waals surface area contributed by atoms with E-state index in [0.717, 1.165) is 29.1 Å². The van der Waals surface area contributed by atoms with Crippen LogP contribution >= 0.6 is 12.2 Å². The molecule has 1 aromatic heterocycles. The number of aromatic nitrogens is 1. The topological polar surface area (TPSA) is 54.3 Å². The van der Waals surface area contributed by atoms with Crippen molar-refractivity contribution in [2.24, 2.45) is 0 Å². The van der Waals surface area contributed by atoms with Crippen LogP contribution in [-0.4, -0.2) is 21.5 Å². The summed E-state index contributed by atoms with van der Waals surface area (Å²) in [5, 5.41) is 2.73. The fourth-order valence-electron chi connectivity index (χ4n) is 3.52. The molecule has 0 radical (unpaired) electrons. The van der Waals surface area contributed by atoms with Crippen LogP contribution < -0.4 is 10.2 Å². The van der Waals surface area contributed by atoms with Crippen LogP contribution in [0.25, 0.3) is 11.8 Å². The number of rotatable bonds is 4. The maximum Gasteiger partial charge on any atom is 0.270 e. The standard InChI is InChI=1S/C24H21N3O2S/c1-3-17-10-13-19(14-11-17)27-23(29)21(22(28)25-24(27)30)15-20-12-9-16(2)26(20)18-7-5-4-6-8-18/h4-15H,3H2,1-2H3,(H,25,28,30)/b21-15+. The molecule has 150 valence electrons. The third kappa shape index (κ3) is 3.57. The van der Waals surface area contributed by atoms with E-state index in [2.05, 4.69) is 12.2 Å². The molecule has 5 nitrogen and oxygen atoms in total. The highest BCUT2D eigenvalue weighted by Crippen LogP contribution is 2.24. The van der Waals surface area contributed by atoms with E-state index in [-0.39, 0.29) is 10.7 Å². The summed E-state index contributed by atoms with van der Waals surface area (Å²) in [7, 11) is 0. The number of amides is 2. The number of para-hydroxylation sites is 1. The maximum atomic E-state index is 13.3. The summed E-state index contributed by atoms with van der Waals surface area (Å²) in [4.78, 5) is 27.3. The van der Waals surface area contributed by atoms with Gasteiger partial charge in [-0.3, -0.25) is 19.8 Å². The largest absolute Gasteiger partial charge is 0.314 e. The minimum absolute atomic E-state index is 0.0402. The average Bonchev–Trinajstić information content (AvgIpc) is 3.12. The summed E-state index contributed by atoms with van der Waals surface area (Å²) >= 11 is 5.29. The molecule has 30 heavy (non-hydrogen) atoms. The fourth-order valence-corrected chi connectivity index (χ4v) is 3.80. The highest BCUT2D eigenvalue weighted by Gasteiger charge is 2.34. The van der Waals surface area contributed by atoms with E-state index in [1.165, 1.54) is 4.90 Å². The molecule has 2 heterocycles. The molecule has 6 heteroatoms. The predicted octanol–water partition coefficient (Wildman–Crippen LogP) is 4.18. The molecule has 2 aromatic carbocycles. The van der Waals surface area contributed by atoms with Crippen LogP contribution in [0.15, 0.2) is 72.3 Å². The number of hydrogen-bond donors (Lipinski definition) is 1. The van der Waals surface area contributed by atoms with Crippen LogP contribution in [0.5, 0.6) is 0 Å². The Morgan fingerprint density at radius 1 is 0.933 bits per heavy atom. The van der Waals surface area contributed by atoms with Gasteiger partial charge in [0.25, 0.3) is 11.8 Å². The molecule has 1 fully saturated rings. The molecule has 2 amide bonds. The molecule has 0 saturated carbocycles. The quantitative estimate of drug-likeness (QED) is 0.395. The van der Waals surface area contributed by atoms with Gasteiger partial charge in [0.2, 0.25) is 0 Å². The number of benzene rings is 2. The number of hydrogen-bond acceptors (Lipinski definition) is 3. The normalized spacial score (nSPS) is 15.6. The molecule has 0 spiro atoms. The van der Waals surface area contributed by atoms with Gasteiger partial charge in [-0.05, 0) is 73.6 Å². The Balaban J connectivity index is 1.75. The minimum atomic E-state index is -0.495. The van der Waals surface area contributed by atoms with Gasteiger partial charge in [0.05, 0.1) is 5.69 Å². The number of carbonyl (C=O) groups is 2. The third-order valence-corrected chi connectivity index (χ3v) is 5.40. The number of anilines is 1. The molecule has 1 N–H and O–H groups in total. The van der Waals surface area contributed by atoms with Crippen LogP contribution in [0.3, 0.4) is 0 Å². The molecule has 3 aromatic rings. The van der Waals surface area contributed by atoms with Crippen molar-refractivity contribution in [2.75, 3.05) is 4.90 Å². The van der Waals surface area contributed by atoms with Gasteiger partial charge < -0.3 is 4.57 Å². The third-order valence-electron chi connectivity index (χ3n) is 5.12. The molecular formula is C24H21N3O2S. The lowest BCUT2D eigenvalue weighted by Gasteiger charge is -2.29. The number of nitrogens with zero attached hydrogens (tertiary/aromatic N) is 2. The number of carbonyl (C=O) groups excluding carboxylic acids is 2. The van der Waals surface area contributed by atoms with Crippen LogP contribution in [0.4, 0.5) is 5.69 Å². The Kier molecular flexibility index (Phi) is 5.33. The zero-order chi connectivity index (χ0) is 21.3. The molecule has 4 rings (SSSR count). The van der Waals surface area contributed by atoms with Crippen LogP contribution in [-0.2, 0) is 16.0 Å². The summed E-state index contributed by atoms with van der Waals surface area (Å²) < 4.78 is 2.00. The molecular weight excluding hydrogens is 394 g/mol. The smallest absolute Gasteiger partial charge is 0.270 e. The molecule has 0 unspecified atom stereocenters. The van der Waals surface area contributed by atoms with E-state index in [1.54, 1.807) is 6.08 Å². The van der Waals surface area contributed by atoms with Gasteiger partial charge in [0.1, 0.15) is 5.57 Å². The first-order valence-corrected chi connectivity index (χ1v) is 10.1. The fraction of sp³-hybridized carbons (Fsp3) is 0.125. The highest BCUT2D eigenvalue weighted by molar-refractivity contribution is 7.80. The SMILES string of the molecule is CCc1ccc(N2C(=O)/C(=C/c3ccc(C)n3-c3ccccc3)C(=O)NC2=S)cc1. The summed E-state index contributed by atoms with van der Waals surface area (Å²) in [6, 6.07) is 21.2. The number of aryl methyl sites for hydroxylation is 2. The Hall–Kier alpha value is -3.51. The Morgan fingerprint density at radius 2 is 1.63 bits per heavy atom. The van der Waals surface area contributed by atoms with Gasteiger partial charge in [0, 0.05) is 17.1 Å². The maximum absolute atomic E-state index is 13.3. The summed E-state index contributed by atoms with van der Waals surface area (Å²) in [5.74, 6) is -0.934. The van der Waals surface area contributed by atoms with Crippen molar-refractivity contribution in [1.29, 1.82) is 0 Å². The van der Waals surface area contributed by atoms with Crippen molar-refractivity contribution in [3.63, 3.8) is 0 Å². The molecule has 0 aliphatic carbocycles. The number of thiocarbonyl (C=S) groups is 1. The van der Waals surface area contributed by atoms with E-state index in [0.29, 0.717) is 5.69 Å². The molecule has 0 atom stereocenters. The zero-order valence-electron chi connectivity index (χ0n) is 16.8. The van der Waals surface area contributed by atoms with Crippen LogP contribution in [0.2, 0.25) is 0 Å². The van der Waals surface area contributed by atoms with E-state index in [9.17, 15) is 9.59 Å². The van der Waals surface area contributed by atoms with Gasteiger partial charge in [0.15, 0.2) is 5.11 Å². The van der Waals surface area contributed by atoms with Crippen molar-refractivity contribution >= 4 is 40.9 Å². The van der Waals surface area contributed by atoms with Gasteiger partial charge in [-0.25, -0.2) is 0 Å². The van der Waals surface area contributed by atoms with E-state index in [4.69, 9.17) is 12.2 Å². The summed E-state index contributed by atoms with van der Waals surface area (Å²) in [6.45, 7) is 4.05. The van der Waals surface area contributed by atoms with Gasteiger partial charge >= 0.3 is 0 Å². The minimum Gasteiger partial charge on any atom is -0.314 e. The Bertz CT molecular complexity index is 1160. The van der Waals surface area contributed by atoms with Crippen LogP contribution in [0, 0.1) is 6.92 Å². The average molecular weight is 416 g/mol. The molecule has 1 aliphatic rings. The van der Waals surface area contributed by atoms with Crippen molar-refractivity contribution in [1.82, 2.24) is 9.88 Å². The van der Waals surface area contributed by atoms with Crippen molar-refractivity contribution < 1.29 is 9.59 Å². The Labute approximate surface area is 180 Å². The van der Waals surface area contributed by atoms with E-state index in [1.807, 2.05) is 78.2 Å². The molecule has 1 aliphatic heterocycles. The second kappa shape index (κ2) is 8.08. The predicted molar refractivity (Wildman–Crippen MR) is 123 cm³/mol. The second-order valence-corrected chi connectivity index (χ2v) is 7.44. The summed E-state index contributed by atoms with van der Waals surface area (Å²) in [5.41, 5.74) is 4.52. The number of nitrogens with one attached hydrogen (secondary N) is 1. The Morgan fingerprint density at radius 3 is 2.30 bits per heavy atom. The lowest BCUT2D eigenvalue weighted by Crippen LogP contribution is -2.54. The van der Waals surface area contributed by atoms with Crippen LogP contribution in [0.1, 0.15) is 23.9 Å². The van der Waals surface area contributed by atoms with Gasteiger partial charge in [-0.15, -0.1) is 0 Å². The molecule has 1 saturated heterocycles. The molecule has 0 bridgehead atoms. The first-order chi connectivity index (χ1) is 14.5. The first kappa shape index (κ1) is 19.8.